The lowest BCUT2D eigenvalue weighted by Gasteiger charge is -2.28. The highest BCUT2D eigenvalue weighted by Gasteiger charge is 2.33. The number of rotatable bonds is 4. The van der Waals surface area contributed by atoms with Gasteiger partial charge in [0.15, 0.2) is 0 Å². The molecule has 1 amide bonds. The van der Waals surface area contributed by atoms with Crippen LogP contribution in [0.3, 0.4) is 0 Å². The first-order valence-corrected chi connectivity index (χ1v) is 12.1. The van der Waals surface area contributed by atoms with Gasteiger partial charge in [0.25, 0.3) is 11.5 Å². The molecule has 0 bridgehead atoms. The van der Waals surface area contributed by atoms with Crippen LogP contribution in [0.4, 0.5) is 5.69 Å². The molecule has 1 saturated heterocycles. The summed E-state index contributed by atoms with van der Waals surface area (Å²) < 4.78 is 3.62. The summed E-state index contributed by atoms with van der Waals surface area (Å²) >= 11 is 8.12. The summed E-state index contributed by atoms with van der Waals surface area (Å²) in [5.41, 5.74) is 3.04. The maximum Gasteiger partial charge on any atom is 0.271 e. The van der Waals surface area contributed by atoms with Crippen LogP contribution in [0.25, 0.3) is 16.7 Å². The van der Waals surface area contributed by atoms with E-state index in [1.165, 1.54) is 23.1 Å². The van der Waals surface area contributed by atoms with Crippen LogP contribution in [0.15, 0.2) is 35.1 Å². The lowest BCUT2D eigenvalue weighted by atomic mass is 10.1. The summed E-state index contributed by atoms with van der Waals surface area (Å²) in [5.74, 6) is -0.0938. The number of thiazole rings is 1. The Balaban J connectivity index is 1.98. The third-order valence-corrected chi connectivity index (χ3v) is 7.95. The van der Waals surface area contributed by atoms with Gasteiger partial charge in [-0.05, 0) is 38.0 Å². The minimum absolute atomic E-state index is 0.0595. The Bertz CT molecular complexity index is 1240. The summed E-state index contributed by atoms with van der Waals surface area (Å²) in [4.78, 5) is 30.7. The van der Waals surface area contributed by atoms with Crippen molar-refractivity contribution in [2.24, 2.45) is 0 Å². The highest BCUT2D eigenvalue weighted by atomic mass is 32.2. The van der Waals surface area contributed by atoms with Crippen molar-refractivity contribution in [2.45, 2.75) is 33.7 Å². The minimum Gasteiger partial charge on any atom is -0.340 e. The van der Waals surface area contributed by atoms with Crippen molar-refractivity contribution in [1.29, 1.82) is 0 Å². The van der Waals surface area contributed by atoms with Gasteiger partial charge in [0.2, 0.25) is 0 Å². The van der Waals surface area contributed by atoms with E-state index >= 15 is 0 Å². The van der Waals surface area contributed by atoms with Gasteiger partial charge in [0.1, 0.15) is 18.4 Å². The summed E-state index contributed by atoms with van der Waals surface area (Å²) in [7, 11) is 0. The van der Waals surface area contributed by atoms with Crippen molar-refractivity contribution >= 4 is 67.9 Å². The SMILES string of the molecule is CCCN1C(=O)C(=c2sc(=C3C=Cc4ccccc4N3CC)c(=O)n2CC)SC1=S. The van der Waals surface area contributed by atoms with E-state index in [0.29, 0.717) is 31.5 Å². The number of nitrogens with zero attached hydrogens (tertiary/aromatic N) is 3. The molecule has 1 aromatic carbocycles. The molecule has 1 fully saturated rings. The molecule has 2 aliphatic rings. The van der Waals surface area contributed by atoms with E-state index in [1.54, 1.807) is 9.47 Å². The number of amides is 1. The molecular weight excluding hydrogens is 434 g/mol. The highest BCUT2D eigenvalue weighted by Crippen LogP contribution is 2.32. The van der Waals surface area contributed by atoms with E-state index in [2.05, 4.69) is 24.0 Å². The predicted molar refractivity (Wildman–Crippen MR) is 131 cm³/mol. The normalized spacial score (nSPS) is 19.7. The number of thiocarbonyl (C=S) groups is 1. The van der Waals surface area contributed by atoms with Gasteiger partial charge in [-0.25, -0.2) is 0 Å². The molecule has 0 aliphatic carbocycles. The molecule has 2 aliphatic heterocycles. The fourth-order valence-corrected chi connectivity index (χ4v) is 6.48. The molecular formula is C22H23N3O2S3. The zero-order valence-corrected chi connectivity index (χ0v) is 19.6. The molecule has 0 spiro atoms. The van der Waals surface area contributed by atoms with Gasteiger partial charge in [-0.15, -0.1) is 11.3 Å². The first kappa shape index (κ1) is 21.1. The molecule has 0 radical (unpaired) electrons. The third kappa shape index (κ3) is 3.36. The fraction of sp³-hybridized carbons (Fsp3) is 0.318. The number of likely N-dealkylation sites (N-methyl/N-ethyl adjacent to an activating group) is 1. The van der Waals surface area contributed by atoms with Crippen molar-refractivity contribution in [3.8, 4) is 0 Å². The minimum atomic E-state index is -0.0938. The Kier molecular flexibility index (Phi) is 5.99. The molecule has 0 atom stereocenters. The van der Waals surface area contributed by atoms with Crippen LogP contribution >= 0.6 is 35.3 Å². The van der Waals surface area contributed by atoms with Gasteiger partial charge >= 0.3 is 0 Å². The molecule has 1 aromatic heterocycles. The van der Waals surface area contributed by atoms with E-state index in [-0.39, 0.29) is 11.5 Å². The van der Waals surface area contributed by atoms with E-state index < -0.39 is 0 Å². The zero-order valence-electron chi connectivity index (χ0n) is 17.2. The van der Waals surface area contributed by atoms with Gasteiger partial charge in [0.05, 0.1) is 5.70 Å². The summed E-state index contributed by atoms with van der Waals surface area (Å²) in [5, 5.41) is 0. The maximum absolute atomic E-state index is 13.4. The zero-order chi connectivity index (χ0) is 21.4. The first-order chi connectivity index (χ1) is 14.5. The van der Waals surface area contributed by atoms with E-state index in [9.17, 15) is 9.59 Å². The van der Waals surface area contributed by atoms with E-state index in [1.807, 2.05) is 38.1 Å². The Morgan fingerprint density at radius 3 is 2.47 bits per heavy atom. The molecule has 2 aromatic rings. The average Bonchev–Trinajstić information content (AvgIpc) is 3.23. The standard InChI is InChI=1S/C22H23N3O2S3/c1-4-13-25-20(27)18(30-22(25)28)21-24(6-3)19(26)17(29-21)16-12-11-14-9-7-8-10-15(14)23(16)5-2/h7-12H,4-6,13H2,1-3H3. The first-order valence-electron chi connectivity index (χ1n) is 10.1. The molecule has 3 heterocycles. The Labute approximate surface area is 189 Å². The number of anilines is 1. The Hall–Kier alpha value is -2.16. The number of carbonyl (C=O) groups is 1. The molecule has 4 rings (SSSR count). The molecule has 30 heavy (non-hydrogen) atoms. The van der Waals surface area contributed by atoms with Gasteiger partial charge < -0.3 is 4.90 Å². The molecule has 156 valence electrons. The van der Waals surface area contributed by atoms with Gasteiger partial charge in [0, 0.05) is 25.3 Å². The summed E-state index contributed by atoms with van der Waals surface area (Å²) in [6.07, 6.45) is 4.89. The number of fused-ring (bicyclic) bond motifs is 1. The average molecular weight is 458 g/mol. The number of aromatic nitrogens is 1. The lowest BCUT2D eigenvalue weighted by Crippen LogP contribution is -2.36. The second-order valence-corrected chi connectivity index (χ2v) is 9.60. The molecule has 0 N–H and O–H groups in total. The fourth-order valence-electron chi connectivity index (χ4n) is 3.77. The predicted octanol–water partition coefficient (Wildman–Crippen LogP) is 2.97. The number of hydrogen-bond donors (Lipinski definition) is 0. The summed E-state index contributed by atoms with van der Waals surface area (Å²) in [6, 6.07) is 8.17. The quantitative estimate of drug-likeness (QED) is 0.661. The molecule has 0 saturated carbocycles. The van der Waals surface area contributed by atoms with Crippen LogP contribution in [-0.4, -0.2) is 32.8 Å². The van der Waals surface area contributed by atoms with Crippen molar-refractivity contribution in [3.05, 3.63) is 55.5 Å². The van der Waals surface area contributed by atoms with Crippen LogP contribution in [-0.2, 0) is 11.3 Å². The van der Waals surface area contributed by atoms with E-state index in [4.69, 9.17) is 12.2 Å². The summed E-state index contributed by atoms with van der Waals surface area (Å²) in [6.45, 7) is 7.88. The van der Waals surface area contributed by atoms with E-state index in [0.717, 1.165) is 29.9 Å². The van der Waals surface area contributed by atoms with Crippen molar-refractivity contribution in [2.75, 3.05) is 18.0 Å². The lowest BCUT2D eigenvalue weighted by molar-refractivity contribution is -0.120. The van der Waals surface area contributed by atoms with Gasteiger partial charge in [-0.2, -0.15) is 0 Å². The Morgan fingerprint density at radius 1 is 1.00 bits per heavy atom. The van der Waals surface area contributed by atoms with Crippen LogP contribution in [0.2, 0.25) is 0 Å². The van der Waals surface area contributed by atoms with Crippen LogP contribution in [0.1, 0.15) is 32.8 Å². The van der Waals surface area contributed by atoms with Crippen LogP contribution in [0.5, 0.6) is 0 Å². The topological polar surface area (TPSA) is 45.6 Å². The van der Waals surface area contributed by atoms with Crippen LogP contribution < -0.4 is 19.7 Å². The highest BCUT2D eigenvalue weighted by molar-refractivity contribution is 8.30. The monoisotopic (exact) mass is 457 g/mol. The smallest absolute Gasteiger partial charge is 0.271 e. The second kappa shape index (κ2) is 8.53. The Morgan fingerprint density at radius 2 is 1.77 bits per heavy atom. The molecule has 0 unspecified atom stereocenters. The third-order valence-electron chi connectivity index (χ3n) is 5.18. The van der Waals surface area contributed by atoms with Crippen molar-refractivity contribution in [3.63, 3.8) is 0 Å². The second-order valence-electron chi connectivity index (χ2n) is 6.96. The van der Waals surface area contributed by atoms with Gasteiger partial charge in [-0.3, -0.25) is 19.1 Å². The van der Waals surface area contributed by atoms with Crippen molar-refractivity contribution < 1.29 is 4.79 Å². The van der Waals surface area contributed by atoms with Gasteiger partial charge in [-0.1, -0.05) is 55.2 Å². The van der Waals surface area contributed by atoms with Crippen molar-refractivity contribution in [1.82, 2.24) is 9.47 Å². The largest absolute Gasteiger partial charge is 0.340 e. The number of carbonyl (C=O) groups excluding carboxylic acids is 1. The molecule has 5 nitrogen and oxygen atoms in total. The number of hydrogen-bond acceptors (Lipinski definition) is 6. The number of para-hydroxylation sites is 1. The number of thioether (sulfide) groups is 1. The molecule has 8 heteroatoms. The number of benzene rings is 1. The van der Waals surface area contributed by atoms with Crippen LogP contribution in [0, 0.1) is 0 Å². The maximum atomic E-state index is 13.4.